The van der Waals surface area contributed by atoms with E-state index in [1.54, 1.807) is 0 Å². The molecule has 0 radical (unpaired) electrons. The van der Waals surface area contributed by atoms with Crippen molar-refractivity contribution in [3.05, 3.63) is 41.8 Å². The molecule has 0 bridgehead atoms. The lowest BCUT2D eigenvalue weighted by molar-refractivity contribution is -0.0646. The SMILES string of the molecule is C=CS(=O)(=O)N1CC(O)(c2ccc(F)nc2)C1. The van der Waals surface area contributed by atoms with Crippen LogP contribution < -0.4 is 0 Å². The zero-order chi connectivity index (χ0) is 12.7. The molecule has 0 aromatic carbocycles. The van der Waals surface area contributed by atoms with E-state index in [1.807, 2.05) is 0 Å². The summed E-state index contributed by atoms with van der Waals surface area (Å²) in [5.41, 5.74) is -0.897. The molecule has 0 atom stereocenters. The number of sulfonamides is 1. The van der Waals surface area contributed by atoms with Crippen molar-refractivity contribution >= 4 is 10.0 Å². The van der Waals surface area contributed by atoms with E-state index in [-0.39, 0.29) is 13.1 Å². The zero-order valence-electron chi connectivity index (χ0n) is 8.88. The van der Waals surface area contributed by atoms with Crippen LogP contribution in [0.15, 0.2) is 30.3 Å². The van der Waals surface area contributed by atoms with Crippen LogP contribution >= 0.6 is 0 Å². The topological polar surface area (TPSA) is 70.5 Å². The highest BCUT2D eigenvalue weighted by Crippen LogP contribution is 2.33. The molecule has 2 heterocycles. The van der Waals surface area contributed by atoms with Gasteiger partial charge in [-0.3, -0.25) is 0 Å². The first-order valence-electron chi connectivity index (χ1n) is 4.84. The van der Waals surface area contributed by atoms with Gasteiger partial charge in [0.05, 0.1) is 0 Å². The van der Waals surface area contributed by atoms with E-state index in [1.165, 1.54) is 12.3 Å². The van der Waals surface area contributed by atoms with E-state index in [0.717, 1.165) is 15.8 Å². The van der Waals surface area contributed by atoms with Gasteiger partial charge in [-0.2, -0.15) is 8.70 Å². The number of aromatic nitrogens is 1. The normalized spacial score (nSPS) is 19.6. The number of aliphatic hydroxyl groups is 1. The Bertz CT molecular complexity index is 535. The lowest BCUT2D eigenvalue weighted by atomic mass is 9.89. The Morgan fingerprint density at radius 2 is 2.18 bits per heavy atom. The fourth-order valence-corrected chi connectivity index (χ4v) is 2.65. The summed E-state index contributed by atoms with van der Waals surface area (Å²) in [5.74, 6) is -0.646. The van der Waals surface area contributed by atoms with Crippen LogP contribution in [0.25, 0.3) is 0 Å². The van der Waals surface area contributed by atoms with Gasteiger partial charge in [-0.05, 0) is 12.1 Å². The van der Waals surface area contributed by atoms with Crippen LogP contribution in [0.5, 0.6) is 0 Å². The molecule has 1 saturated heterocycles. The average molecular weight is 258 g/mol. The summed E-state index contributed by atoms with van der Waals surface area (Å²) in [6.07, 6.45) is 1.20. The smallest absolute Gasteiger partial charge is 0.235 e. The molecule has 0 saturated carbocycles. The number of pyridine rings is 1. The number of hydrogen-bond acceptors (Lipinski definition) is 4. The predicted octanol–water partition coefficient (Wildman–Crippen LogP) is 0.197. The summed E-state index contributed by atoms with van der Waals surface area (Å²) in [6, 6.07) is 2.51. The fraction of sp³-hybridized carbons (Fsp3) is 0.300. The van der Waals surface area contributed by atoms with Gasteiger partial charge < -0.3 is 5.11 Å². The largest absolute Gasteiger partial charge is 0.382 e. The number of halogens is 1. The first-order valence-corrected chi connectivity index (χ1v) is 6.35. The summed E-state index contributed by atoms with van der Waals surface area (Å²) in [6.45, 7) is 3.04. The molecule has 7 heteroatoms. The minimum atomic E-state index is -3.51. The summed E-state index contributed by atoms with van der Waals surface area (Å²) < 4.78 is 36.4. The Kier molecular flexibility index (Phi) is 2.76. The van der Waals surface area contributed by atoms with Gasteiger partial charge in [0.2, 0.25) is 16.0 Å². The maximum Gasteiger partial charge on any atom is 0.235 e. The van der Waals surface area contributed by atoms with E-state index in [9.17, 15) is 17.9 Å². The van der Waals surface area contributed by atoms with Crippen LogP contribution in [0.1, 0.15) is 5.56 Å². The monoisotopic (exact) mass is 258 g/mol. The Labute approximate surface area is 98.3 Å². The average Bonchev–Trinajstić information content (AvgIpc) is 2.26. The molecular weight excluding hydrogens is 247 g/mol. The van der Waals surface area contributed by atoms with Crippen molar-refractivity contribution in [3.8, 4) is 0 Å². The van der Waals surface area contributed by atoms with Gasteiger partial charge in [0, 0.05) is 30.3 Å². The molecule has 0 unspecified atom stereocenters. The van der Waals surface area contributed by atoms with Gasteiger partial charge in [-0.15, -0.1) is 0 Å². The quantitative estimate of drug-likeness (QED) is 0.786. The third-order valence-corrected chi connectivity index (χ3v) is 4.11. The summed E-state index contributed by atoms with van der Waals surface area (Å²) in [5, 5.41) is 10.9. The molecule has 1 aliphatic heterocycles. The summed E-state index contributed by atoms with van der Waals surface area (Å²) in [4.78, 5) is 3.42. The second-order valence-corrected chi connectivity index (χ2v) is 5.76. The lowest BCUT2D eigenvalue weighted by Crippen LogP contribution is -2.60. The van der Waals surface area contributed by atoms with Crippen LogP contribution in [-0.2, 0) is 15.6 Å². The van der Waals surface area contributed by atoms with E-state index in [4.69, 9.17) is 0 Å². The van der Waals surface area contributed by atoms with Crippen molar-refractivity contribution in [2.45, 2.75) is 5.60 Å². The van der Waals surface area contributed by atoms with Crippen molar-refractivity contribution in [3.63, 3.8) is 0 Å². The molecule has 1 aromatic rings. The number of nitrogens with zero attached hydrogens (tertiary/aromatic N) is 2. The Morgan fingerprint density at radius 3 is 2.65 bits per heavy atom. The third-order valence-electron chi connectivity index (χ3n) is 2.71. The molecule has 2 rings (SSSR count). The van der Waals surface area contributed by atoms with Crippen LogP contribution in [0, 0.1) is 5.95 Å². The van der Waals surface area contributed by atoms with Crippen molar-refractivity contribution in [1.82, 2.24) is 9.29 Å². The summed E-state index contributed by atoms with van der Waals surface area (Å²) in [7, 11) is -3.51. The molecule has 17 heavy (non-hydrogen) atoms. The van der Waals surface area contributed by atoms with Gasteiger partial charge in [0.25, 0.3) is 0 Å². The van der Waals surface area contributed by atoms with Crippen molar-refractivity contribution in [2.75, 3.05) is 13.1 Å². The van der Waals surface area contributed by atoms with Crippen molar-refractivity contribution in [1.29, 1.82) is 0 Å². The van der Waals surface area contributed by atoms with Crippen molar-refractivity contribution < 1.29 is 17.9 Å². The van der Waals surface area contributed by atoms with Crippen molar-refractivity contribution in [2.24, 2.45) is 0 Å². The Hall–Kier alpha value is -1.31. The molecule has 0 amide bonds. The van der Waals surface area contributed by atoms with Gasteiger partial charge >= 0.3 is 0 Å². The minimum Gasteiger partial charge on any atom is -0.382 e. The highest BCUT2D eigenvalue weighted by atomic mass is 32.2. The molecule has 5 nitrogen and oxygen atoms in total. The Balaban J connectivity index is 2.16. The fourth-order valence-electron chi connectivity index (χ4n) is 1.66. The maximum absolute atomic E-state index is 12.6. The highest BCUT2D eigenvalue weighted by molar-refractivity contribution is 7.92. The van der Waals surface area contributed by atoms with Crippen LogP contribution in [0.3, 0.4) is 0 Å². The minimum absolute atomic E-state index is 0.0747. The molecule has 1 aromatic heterocycles. The predicted molar refractivity (Wildman–Crippen MR) is 58.8 cm³/mol. The van der Waals surface area contributed by atoms with E-state index < -0.39 is 21.6 Å². The van der Waals surface area contributed by atoms with E-state index in [0.29, 0.717) is 5.56 Å². The molecule has 0 aliphatic carbocycles. The molecule has 1 aliphatic rings. The molecular formula is C10H11FN2O3S. The first-order chi connectivity index (χ1) is 7.87. The second-order valence-electron chi connectivity index (χ2n) is 3.88. The van der Waals surface area contributed by atoms with E-state index in [2.05, 4.69) is 11.6 Å². The van der Waals surface area contributed by atoms with Gasteiger partial charge in [-0.1, -0.05) is 6.58 Å². The third kappa shape index (κ3) is 2.08. The highest BCUT2D eigenvalue weighted by Gasteiger charge is 2.47. The zero-order valence-corrected chi connectivity index (χ0v) is 9.69. The second kappa shape index (κ2) is 3.86. The number of β-amino-alcohol motifs (C(OH)–C–C–N with tert-alkyl or cyclic N) is 1. The number of rotatable bonds is 3. The summed E-state index contributed by atoms with van der Waals surface area (Å²) >= 11 is 0. The molecule has 0 spiro atoms. The number of hydrogen-bond donors (Lipinski definition) is 1. The van der Waals surface area contributed by atoms with Gasteiger partial charge in [-0.25, -0.2) is 13.4 Å². The lowest BCUT2D eigenvalue weighted by Gasteiger charge is -2.44. The van der Waals surface area contributed by atoms with E-state index >= 15 is 0 Å². The van der Waals surface area contributed by atoms with Gasteiger partial charge in [0.1, 0.15) is 5.60 Å². The van der Waals surface area contributed by atoms with Crippen LogP contribution in [-0.4, -0.2) is 35.9 Å². The Morgan fingerprint density at radius 1 is 1.53 bits per heavy atom. The van der Waals surface area contributed by atoms with Crippen LogP contribution in [0.4, 0.5) is 4.39 Å². The molecule has 92 valence electrons. The first kappa shape index (κ1) is 12.2. The molecule has 1 fully saturated rings. The van der Waals surface area contributed by atoms with Gasteiger partial charge in [0.15, 0.2) is 0 Å². The van der Waals surface area contributed by atoms with Crippen LogP contribution in [0.2, 0.25) is 0 Å². The standard InChI is InChI=1S/C10H11FN2O3S/c1-2-17(15,16)13-6-10(14,7-13)8-3-4-9(11)12-5-8/h2-5,14H,1,6-7H2. The maximum atomic E-state index is 12.6. The molecule has 1 N–H and O–H groups in total.